The number of carbonyl (C=O) groups excluding carboxylic acids is 1. The molecule has 0 aliphatic heterocycles. The highest BCUT2D eigenvalue weighted by Crippen LogP contribution is 2.25. The maximum atomic E-state index is 12.1. The van der Waals surface area contributed by atoms with Gasteiger partial charge in [0.15, 0.2) is 6.10 Å². The molecule has 2 aromatic carbocycles. The van der Waals surface area contributed by atoms with E-state index in [1.807, 2.05) is 55.5 Å². The first-order valence-corrected chi connectivity index (χ1v) is 11.6. The third-order valence-electron chi connectivity index (χ3n) is 5.41. The van der Waals surface area contributed by atoms with Gasteiger partial charge in [0.05, 0.1) is 19.4 Å². The first-order chi connectivity index (χ1) is 16.5. The summed E-state index contributed by atoms with van der Waals surface area (Å²) in [6.07, 6.45) is 1.29. The molecule has 0 spiro atoms. The van der Waals surface area contributed by atoms with Crippen molar-refractivity contribution in [2.75, 3.05) is 19.8 Å². The molecule has 34 heavy (non-hydrogen) atoms. The Labute approximate surface area is 201 Å². The van der Waals surface area contributed by atoms with Gasteiger partial charge in [0, 0.05) is 24.4 Å². The van der Waals surface area contributed by atoms with Crippen molar-refractivity contribution in [3.05, 3.63) is 84.8 Å². The van der Waals surface area contributed by atoms with Gasteiger partial charge in [-0.2, -0.15) is 0 Å². The summed E-state index contributed by atoms with van der Waals surface area (Å²) in [5.41, 5.74) is 4.40. The van der Waals surface area contributed by atoms with Crippen molar-refractivity contribution in [2.45, 2.75) is 39.8 Å². The second-order valence-electron chi connectivity index (χ2n) is 7.71. The number of aromatic nitrogens is 1. The molecule has 0 saturated heterocycles. The lowest BCUT2D eigenvalue weighted by atomic mass is 10.1. The molecule has 0 bridgehead atoms. The van der Waals surface area contributed by atoms with Crippen molar-refractivity contribution >= 4 is 5.97 Å². The summed E-state index contributed by atoms with van der Waals surface area (Å²) in [5.74, 6) is 1.21. The molecule has 0 amide bonds. The zero-order chi connectivity index (χ0) is 24.3. The van der Waals surface area contributed by atoms with Crippen LogP contribution in [0.3, 0.4) is 0 Å². The van der Waals surface area contributed by atoms with Gasteiger partial charge in [0.2, 0.25) is 0 Å². The normalized spacial score (nSPS) is 11.6. The molecule has 1 atom stereocenters. The Morgan fingerprint density at radius 2 is 1.68 bits per heavy atom. The van der Waals surface area contributed by atoms with Gasteiger partial charge in [0.1, 0.15) is 18.1 Å². The van der Waals surface area contributed by atoms with Crippen LogP contribution in [0.2, 0.25) is 0 Å². The van der Waals surface area contributed by atoms with Crippen molar-refractivity contribution in [3.8, 4) is 22.8 Å². The number of aryl methyl sites for hydroxylation is 1. The van der Waals surface area contributed by atoms with Gasteiger partial charge in [-0.25, -0.2) is 4.79 Å². The highest BCUT2D eigenvalue weighted by molar-refractivity contribution is 5.75. The molecule has 0 saturated carbocycles. The van der Waals surface area contributed by atoms with Crippen LogP contribution in [0.25, 0.3) is 11.3 Å². The number of esters is 1. The molecule has 0 fully saturated rings. The highest BCUT2D eigenvalue weighted by atomic mass is 16.6. The lowest BCUT2D eigenvalue weighted by molar-refractivity contribution is -0.156. The quantitative estimate of drug-likeness (QED) is 0.245. The predicted molar refractivity (Wildman–Crippen MR) is 133 cm³/mol. The molecule has 0 radical (unpaired) electrons. The Bertz CT molecular complexity index is 1050. The van der Waals surface area contributed by atoms with Crippen molar-refractivity contribution < 1.29 is 23.7 Å². The number of rotatable bonds is 13. The number of ether oxygens (including phenoxy) is 4. The molecule has 3 aromatic rings. The Morgan fingerprint density at radius 3 is 2.32 bits per heavy atom. The van der Waals surface area contributed by atoms with Gasteiger partial charge >= 0.3 is 5.97 Å². The number of hydrogen-bond acceptors (Lipinski definition) is 5. The zero-order valence-corrected chi connectivity index (χ0v) is 20.2. The van der Waals surface area contributed by atoms with Gasteiger partial charge in [0.25, 0.3) is 0 Å². The van der Waals surface area contributed by atoms with E-state index >= 15 is 0 Å². The Morgan fingerprint density at radius 1 is 0.971 bits per heavy atom. The van der Waals surface area contributed by atoms with Gasteiger partial charge in [-0.05, 0) is 80.4 Å². The Hall–Kier alpha value is -3.51. The van der Waals surface area contributed by atoms with Gasteiger partial charge in [-0.1, -0.05) is 18.7 Å². The van der Waals surface area contributed by atoms with Crippen LogP contribution in [0.5, 0.6) is 11.5 Å². The molecule has 6 heteroatoms. The standard InChI is InChI=1S/C28H33NO5/c1-5-31-24-15-11-23(12-16-24)26-17-8-21(4)29(26)18-19-34-25-13-9-22(10-14-25)20-27(32-6-2)28(30)33-7-3/h5,8-17,27H,1,6-7,18-20H2,2-4H3. The molecule has 6 nitrogen and oxygen atoms in total. The largest absolute Gasteiger partial charge is 0.492 e. The van der Waals surface area contributed by atoms with Crippen LogP contribution in [0, 0.1) is 6.92 Å². The number of nitrogens with zero attached hydrogens (tertiary/aromatic N) is 1. The van der Waals surface area contributed by atoms with Crippen LogP contribution < -0.4 is 9.47 Å². The van der Waals surface area contributed by atoms with Crippen LogP contribution in [-0.2, 0) is 27.2 Å². The lowest BCUT2D eigenvalue weighted by Crippen LogP contribution is -2.28. The van der Waals surface area contributed by atoms with E-state index in [2.05, 4.69) is 30.2 Å². The summed E-state index contributed by atoms with van der Waals surface area (Å²) in [5, 5.41) is 0. The third kappa shape index (κ3) is 6.75. The minimum Gasteiger partial charge on any atom is -0.492 e. The van der Waals surface area contributed by atoms with Crippen molar-refractivity contribution in [3.63, 3.8) is 0 Å². The Kier molecular flexibility index (Phi) is 9.35. The average Bonchev–Trinajstić information content (AvgIpc) is 3.21. The Balaban J connectivity index is 1.58. The summed E-state index contributed by atoms with van der Waals surface area (Å²) in [6, 6.07) is 19.9. The van der Waals surface area contributed by atoms with E-state index in [4.69, 9.17) is 18.9 Å². The molecule has 1 unspecified atom stereocenters. The van der Waals surface area contributed by atoms with E-state index in [1.54, 1.807) is 6.92 Å². The number of benzene rings is 2. The summed E-state index contributed by atoms with van der Waals surface area (Å²) in [4.78, 5) is 12.1. The summed E-state index contributed by atoms with van der Waals surface area (Å²) in [7, 11) is 0. The minimum absolute atomic E-state index is 0.328. The molecule has 180 valence electrons. The van der Waals surface area contributed by atoms with E-state index < -0.39 is 6.10 Å². The molecule has 0 N–H and O–H groups in total. The molecular weight excluding hydrogens is 430 g/mol. The maximum absolute atomic E-state index is 12.1. The molecular formula is C28H33NO5. The fraction of sp³-hybridized carbons (Fsp3) is 0.321. The fourth-order valence-electron chi connectivity index (χ4n) is 3.76. The third-order valence-corrected chi connectivity index (χ3v) is 5.41. The average molecular weight is 464 g/mol. The van der Waals surface area contributed by atoms with Crippen molar-refractivity contribution in [1.29, 1.82) is 0 Å². The van der Waals surface area contributed by atoms with Gasteiger partial charge < -0.3 is 23.5 Å². The maximum Gasteiger partial charge on any atom is 0.335 e. The van der Waals surface area contributed by atoms with Crippen LogP contribution in [0.4, 0.5) is 0 Å². The fourth-order valence-corrected chi connectivity index (χ4v) is 3.76. The monoisotopic (exact) mass is 463 g/mol. The van der Waals surface area contributed by atoms with Gasteiger partial charge in [-0.15, -0.1) is 0 Å². The second kappa shape index (κ2) is 12.7. The molecule has 0 aliphatic rings. The summed E-state index contributed by atoms with van der Waals surface area (Å²) in [6.45, 7) is 11.4. The topological polar surface area (TPSA) is 58.9 Å². The highest BCUT2D eigenvalue weighted by Gasteiger charge is 2.20. The van der Waals surface area contributed by atoms with Crippen LogP contribution in [0.1, 0.15) is 25.1 Å². The predicted octanol–water partition coefficient (Wildman–Crippen LogP) is 5.58. The minimum atomic E-state index is -0.593. The summed E-state index contributed by atoms with van der Waals surface area (Å²) < 4.78 is 24.2. The van der Waals surface area contributed by atoms with Crippen molar-refractivity contribution in [2.24, 2.45) is 0 Å². The number of hydrogen-bond donors (Lipinski definition) is 0. The van der Waals surface area contributed by atoms with E-state index in [1.165, 1.54) is 12.0 Å². The van der Waals surface area contributed by atoms with E-state index in [0.717, 1.165) is 34.9 Å². The molecule has 1 heterocycles. The molecule has 0 aliphatic carbocycles. The number of carbonyl (C=O) groups is 1. The molecule has 3 rings (SSSR count). The van der Waals surface area contributed by atoms with E-state index in [0.29, 0.717) is 26.2 Å². The van der Waals surface area contributed by atoms with Crippen LogP contribution >= 0.6 is 0 Å². The zero-order valence-electron chi connectivity index (χ0n) is 20.2. The first-order valence-electron chi connectivity index (χ1n) is 11.6. The first kappa shape index (κ1) is 25.1. The van der Waals surface area contributed by atoms with E-state index in [-0.39, 0.29) is 5.97 Å². The van der Waals surface area contributed by atoms with Crippen molar-refractivity contribution in [1.82, 2.24) is 4.57 Å². The second-order valence-corrected chi connectivity index (χ2v) is 7.71. The van der Waals surface area contributed by atoms with Crippen LogP contribution in [-0.4, -0.2) is 36.5 Å². The van der Waals surface area contributed by atoms with Gasteiger partial charge in [-0.3, -0.25) is 0 Å². The van der Waals surface area contributed by atoms with E-state index in [9.17, 15) is 4.79 Å². The smallest absolute Gasteiger partial charge is 0.335 e. The van der Waals surface area contributed by atoms with Crippen LogP contribution in [0.15, 0.2) is 73.5 Å². The lowest BCUT2D eigenvalue weighted by Gasteiger charge is -2.16. The molecule has 1 aromatic heterocycles. The summed E-state index contributed by atoms with van der Waals surface area (Å²) >= 11 is 0. The SMILES string of the molecule is C=COc1ccc(-c2ccc(C)n2CCOc2ccc(CC(OCC)C(=O)OCC)cc2)cc1.